The number of amides is 2. The van der Waals surface area contributed by atoms with Crippen molar-refractivity contribution in [2.45, 2.75) is 25.8 Å². The van der Waals surface area contributed by atoms with Crippen LogP contribution < -0.4 is 15.4 Å². The third-order valence-corrected chi connectivity index (χ3v) is 4.15. The molecule has 21 heavy (non-hydrogen) atoms. The van der Waals surface area contributed by atoms with E-state index in [-0.39, 0.29) is 11.8 Å². The maximum Gasteiger partial charge on any atom is 0.248 e. The minimum absolute atomic E-state index is 0.0826. The van der Waals surface area contributed by atoms with Crippen molar-refractivity contribution in [3.05, 3.63) is 18.2 Å². The van der Waals surface area contributed by atoms with Gasteiger partial charge in [0.2, 0.25) is 11.8 Å². The van der Waals surface area contributed by atoms with Crippen molar-refractivity contribution in [1.29, 1.82) is 0 Å². The van der Waals surface area contributed by atoms with Crippen LogP contribution in [-0.4, -0.2) is 29.4 Å². The SMILES string of the molecule is CCOc1ccc2nc(NC(=O)[C@@H]3CCC(=O)N3)sc2c1. The molecule has 2 N–H and O–H groups in total. The predicted octanol–water partition coefficient (Wildman–Crippen LogP) is 1.91. The van der Waals surface area contributed by atoms with Gasteiger partial charge in [0.05, 0.1) is 16.8 Å². The van der Waals surface area contributed by atoms with Gasteiger partial charge in [0.25, 0.3) is 0 Å². The second-order valence-corrected chi connectivity index (χ2v) is 5.76. The maximum atomic E-state index is 12.0. The Bertz CT molecular complexity index is 698. The Balaban J connectivity index is 1.75. The van der Waals surface area contributed by atoms with E-state index in [0.29, 0.717) is 24.6 Å². The molecule has 1 saturated heterocycles. The van der Waals surface area contributed by atoms with E-state index in [1.165, 1.54) is 11.3 Å². The predicted molar refractivity (Wildman–Crippen MR) is 80.6 cm³/mol. The van der Waals surface area contributed by atoms with Crippen molar-refractivity contribution in [3.8, 4) is 5.75 Å². The van der Waals surface area contributed by atoms with E-state index in [4.69, 9.17) is 4.74 Å². The van der Waals surface area contributed by atoms with Crippen molar-refractivity contribution < 1.29 is 14.3 Å². The molecule has 6 nitrogen and oxygen atoms in total. The molecule has 1 aliphatic rings. The highest BCUT2D eigenvalue weighted by Crippen LogP contribution is 2.29. The van der Waals surface area contributed by atoms with E-state index < -0.39 is 6.04 Å². The van der Waals surface area contributed by atoms with Crippen LogP contribution in [0.3, 0.4) is 0 Å². The number of anilines is 1. The monoisotopic (exact) mass is 305 g/mol. The molecule has 1 aromatic heterocycles. The summed E-state index contributed by atoms with van der Waals surface area (Å²) < 4.78 is 6.39. The topological polar surface area (TPSA) is 80.3 Å². The molecule has 1 aromatic carbocycles. The summed E-state index contributed by atoms with van der Waals surface area (Å²) in [5.41, 5.74) is 0.814. The van der Waals surface area contributed by atoms with Crippen molar-refractivity contribution in [2.24, 2.45) is 0 Å². The van der Waals surface area contributed by atoms with Crippen LogP contribution in [0.15, 0.2) is 18.2 Å². The van der Waals surface area contributed by atoms with Gasteiger partial charge >= 0.3 is 0 Å². The highest BCUT2D eigenvalue weighted by molar-refractivity contribution is 7.22. The third-order valence-electron chi connectivity index (χ3n) is 3.21. The van der Waals surface area contributed by atoms with Gasteiger partial charge in [-0.05, 0) is 31.5 Å². The molecule has 2 amide bonds. The van der Waals surface area contributed by atoms with E-state index in [0.717, 1.165) is 16.0 Å². The lowest BCUT2D eigenvalue weighted by atomic mass is 10.2. The summed E-state index contributed by atoms with van der Waals surface area (Å²) in [5.74, 6) is 0.486. The molecule has 0 saturated carbocycles. The molecule has 2 aromatic rings. The number of rotatable bonds is 4. The van der Waals surface area contributed by atoms with Crippen LogP contribution in [-0.2, 0) is 9.59 Å². The van der Waals surface area contributed by atoms with Crippen LogP contribution in [0.5, 0.6) is 5.75 Å². The van der Waals surface area contributed by atoms with E-state index in [1.807, 2.05) is 25.1 Å². The van der Waals surface area contributed by atoms with Crippen LogP contribution in [0, 0.1) is 0 Å². The fraction of sp³-hybridized carbons (Fsp3) is 0.357. The van der Waals surface area contributed by atoms with Gasteiger partial charge in [0.15, 0.2) is 5.13 Å². The summed E-state index contributed by atoms with van der Waals surface area (Å²) in [6.07, 6.45) is 0.930. The Morgan fingerprint density at radius 3 is 3.14 bits per heavy atom. The van der Waals surface area contributed by atoms with Gasteiger partial charge in [-0.2, -0.15) is 0 Å². The van der Waals surface area contributed by atoms with Gasteiger partial charge in [0, 0.05) is 6.42 Å². The number of aromatic nitrogens is 1. The van der Waals surface area contributed by atoms with Crippen molar-refractivity contribution in [1.82, 2.24) is 10.3 Å². The molecule has 3 rings (SSSR count). The number of hydrogen-bond donors (Lipinski definition) is 2. The summed E-state index contributed by atoms with van der Waals surface area (Å²) in [5, 5.41) is 5.93. The fourth-order valence-corrected chi connectivity index (χ4v) is 3.12. The van der Waals surface area contributed by atoms with Gasteiger partial charge in [-0.3, -0.25) is 9.59 Å². The van der Waals surface area contributed by atoms with Gasteiger partial charge in [-0.25, -0.2) is 4.98 Å². The summed E-state index contributed by atoms with van der Waals surface area (Å²) in [6.45, 7) is 2.54. The van der Waals surface area contributed by atoms with Crippen LogP contribution in [0.1, 0.15) is 19.8 Å². The quantitative estimate of drug-likeness (QED) is 0.904. The Kier molecular flexibility index (Phi) is 3.74. The summed E-state index contributed by atoms with van der Waals surface area (Å²) in [7, 11) is 0. The zero-order valence-electron chi connectivity index (χ0n) is 11.5. The van der Waals surface area contributed by atoms with Crippen LogP contribution in [0.4, 0.5) is 5.13 Å². The largest absolute Gasteiger partial charge is 0.494 e. The second-order valence-electron chi connectivity index (χ2n) is 4.73. The van der Waals surface area contributed by atoms with Crippen molar-refractivity contribution >= 4 is 38.5 Å². The molecule has 0 radical (unpaired) electrons. The lowest BCUT2D eigenvalue weighted by Gasteiger charge is -2.08. The number of nitrogens with zero attached hydrogens (tertiary/aromatic N) is 1. The minimum Gasteiger partial charge on any atom is -0.494 e. The third kappa shape index (κ3) is 2.97. The van der Waals surface area contributed by atoms with E-state index in [1.54, 1.807) is 0 Å². The normalized spacial score (nSPS) is 17.8. The Hall–Kier alpha value is -2.15. The first kappa shape index (κ1) is 13.8. The smallest absolute Gasteiger partial charge is 0.248 e. The van der Waals surface area contributed by atoms with Gasteiger partial charge in [-0.15, -0.1) is 0 Å². The van der Waals surface area contributed by atoms with Crippen LogP contribution in [0.2, 0.25) is 0 Å². The van der Waals surface area contributed by atoms with Gasteiger partial charge in [-0.1, -0.05) is 11.3 Å². The molecule has 1 aliphatic heterocycles. The maximum absolute atomic E-state index is 12.0. The number of fused-ring (bicyclic) bond motifs is 1. The molecular weight excluding hydrogens is 290 g/mol. The summed E-state index contributed by atoms with van der Waals surface area (Å²) in [4.78, 5) is 27.5. The van der Waals surface area contributed by atoms with E-state index in [9.17, 15) is 9.59 Å². The van der Waals surface area contributed by atoms with Crippen LogP contribution >= 0.6 is 11.3 Å². The molecule has 110 valence electrons. The van der Waals surface area contributed by atoms with Crippen LogP contribution in [0.25, 0.3) is 10.2 Å². The second kappa shape index (κ2) is 5.69. The Morgan fingerprint density at radius 2 is 2.43 bits per heavy atom. The average molecular weight is 305 g/mol. The van der Waals surface area contributed by atoms with Gasteiger partial charge < -0.3 is 15.4 Å². The Labute approximate surface area is 125 Å². The number of carbonyl (C=O) groups is 2. The first-order chi connectivity index (χ1) is 10.2. The Morgan fingerprint density at radius 1 is 1.57 bits per heavy atom. The number of carbonyl (C=O) groups excluding carboxylic acids is 2. The van der Waals surface area contributed by atoms with E-state index in [2.05, 4.69) is 15.6 Å². The first-order valence-corrected chi connectivity index (χ1v) is 7.61. The summed E-state index contributed by atoms with van der Waals surface area (Å²) >= 11 is 1.39. The first-order valence-electron chi connectivity index (χ1n) is 6.79. The molecule has 0 unspecified atom stereocenters. The number of nitrogens with one attached hydrogen (secondary N) is 2. The standard InChI is InChI=1S/C14H15N3O3S/c1-2-20-8-3-4-9-11(7-8)21-14(16-9)17-13(19)10-5-6-12(18)15-10/h3-4,7,10H,2,5-6H2,1H3,(H,15,18)(H,16,17,19)/t10-/m0/s1. The number of thiazole rings is 1. The minimum atomic E-state index is -0.455. The zero-order valence-corrected chi connectivity index (χ0v) is 12.3. The molecule has 2 heterocycles. The van der Waals surface area contributed by atoms with Gasteiger partial charge in [0.1, 0.15) is 11.8 Å². The lowest BCUT2D eigenvalue weighted by Crippen LogP contribution is -2.37. The highest BCUT2D eigenvalue weighted by Gasteiger charge is 2.27. The number of ether oxygens (including phenoxy) is 1. The molecule has 7 heteroatoms. The molecule has 1 fully saturated rings. The molecule has 0 aliphatic carbocycles. The van der Waals surface area contributed by atoms with Crippen molar-refractivity contribution in [2.75, 3.05) is 11.9 Å². The number of benzene rings is 1. The molecule has 1 atom stereocenters. The number of hydrogen-bond acceptors (Lipinski definition) is 5. The highest BCUT2D eigenvalue weighted by atomic mass is 32.1. The lowest BCUT2D eigenvalue weighted by molar-refractivity contribution is -0.122. The average Bonchev–Trinajstić information content (AvgIpc) is 3.04. The van der Waals surface area contributed by atoms with E-state index >= 15 is 0 Å². The van der Waals surface area contributed by atoms with Crippen molar-refractivity contribution in [3.63, 3.8) is 0 Å². The molecule has 0 spiro atoms. The zero-order chi connectivity index (χ0) is 14.8. The molecular formula is C14H15N3O3S. The summed E-state index contributed by atoms with van der Waals surface area (Å²) in [6, 6.07) is 5.17. The fourth-order valence-electron chi connectivity index (χ4n) is 2.22. The molecule has 0 bridgehead atoms.